The summed E-state index contributed by atoms with van der Waals surface area (Å²) in [6.07, 6.45) is 2.13. The van der Waals surface area contributed by atoms with E-state index in [1.54, 1.807) is 21.9 Å². The second-order valence-electron chi connectivity index (χ2n) is 5.69. The third-order valence-electron chi connectivity index (χ3n) is 4.07. The van der Waals surface area contributed by atoms with Crippen molar-refractivity contribution in [1.82, 2.24) is 9.80 Å². The Bertz CT molecular complexity index is 742. The summed E-state index contributed by atoms with van der Waals surface area (Å²) in [4.78, 5) is 28.3. The van der Waals surface area contributed by atoms with Crippen molar-refractivity contribution >= 4 is 17.5 Å². The van der Waals surface area contributed by atoms with Gasteiger partial charge in [0.2, 0.25) is 0 Å². The van der Waals surface area contributed by atoms with E-state index in [4.69, 9.17) is 10.2 Å². The number of nitrogens with zero attached hydrogens (tertiary/aromatic N) is 2. The van der Waals surface area contributed by atoms with E-state index in [2.05, 4.69) is 0 Å². The molecule has 24 heavy (non-hydrogen) atoms. The van der Waals surface area contributed by atoms with Crippen LogP contribution in [-0.4, -0.2) is 52.9 Å². The van der Waals surface area contributed by atoms with Crippen LogP contribution in [0.2, 0.25) is 0 Å². The van der Waals surface area contributed by atoms with Crippen LogP contribution in [0.15, 0.2) is 41.0 Å². The Morgan fingerprint density at radius 1 is 1.04 bits per heavy atom. The van der Waals surface area contributed by atoms with Crippen LogP contribution in [0.5, 0.6) is 5.75 Å². The second kappa shape index (κ2) is 6.66. The predicted octanol–water partition coefficient (Wildman–Crippen LogP) is 1.56. The van der Waals surface area contributed by atoms with E-state index >= 15 is 0 Å². The number of benzene rings is 1. The quantitative estimate of drug-likeness (QED) is 0.643. The van der Waals surface area contributed by atoms with Gasteiger partial charge in [0.25, 0.3) is 11.8 Å². The van der Waals surface area contributed by atoms with Gasteiger partial charge in [0.05, 0.1) is 11.8 Å². The third-order valence-corrected chi connectivity index (χ3v) is 4.07. The summed E-state index contributed by atoms with van der Waals surface area (Å²) >= 11 is 0. The lowest BCUT2D eigenvalue weighted by Crippen LogP contribution is -2.37. The molecule has 1 aromatic heterocycles. The maximum absolute atomic E-state index is 12.6. The van der Waals surface area contributed by atoms with Gasteiger partial charge in [-0.25, -0.2) is 0 Å². The van der Waals surface area contributed by atoms with Crippen molar-refractivity contribution in [3.63, 3.8) is 0 Å². The van der Waals surface area contributed by atoms with Crippen molar-refractivity contribution < 1.29 is 19.1 Å². The van der Waals surface area contributed by atoms with Crippen LogP contribution >= 0.6 is 0 Å². The zero-order chi connectivity index (χ0) is 17.1. The number of nitrogen functional groups attached to an aromatic ring is 1. The van der Waals surface area contributed by atoms with Gasteiger partial charge in [-0.1, -0.05) is 0 Å². The highest BCUT2D eigenvalue weighted by molar-refractivity contribution is 5.99. The second-order valence-corrected chi connectivity index (χ2v) is 5.69. The highest BCUT2D eigenvalue weighted by atomic mass is 16.3. The number of furan rings is 1. The molecule has 7 nitrogen and oxygen atoms in total. The molecular weight excluding hydrogens is 310 g/mol. The SMILES string of the molecule is Nc1ccc(O)cc1C(=O)N1CCCN(C(=O)c2ccco2)CC1. The summed E-state index contributed by atoms with van der Waals surface area (Å²) in [5, 5.41) is 9.57. The first-order chi connectivity index (χ1) is 11.6. The minimum absolute atomic E-state index is 0.00278. The zero-order valence-electron chi connectivity index (χ0n) is 13.1. The van der Waals surface area contributed by atoms with Gasteiger partial charge in [0.1, 0.15) is 5.75 Å². The largest absolute Gasteiger partial charge is 0.508 e. The summed E-state index contributed by atoms with van der Waals surface area (Å²) in [5.41, 5.74) is 6.44. The molecule has 126 valence electrons. The van der Waals surface area contributed by atoms with Crippen molar-refractivity contribution in [3.8, 4) is 5.75 Å². The number of phenols is 1. The highest BCUT2D eigenvalue weighted by Gasteiger charge is 2.25. The van der Waals surface area contributed by atoms with E-state index < -0.39 is 0 Å². The number of amides is 2. The smallest absolute Gasteiger partial charge is 0.289 e. The molecule has 0 aliphatic carbocycles. The Kier molecular flexibility index (Phi) is 4.41. The molecule has 1 aliphatic heterocycles. The summed E-state index contributed by atoms with van der Waals surface area (Å²) in [6.45, 7) is 1.90. The van der Waals surface area contributed by atoms with E-state index in [1.807, 2.05) is 0 Å². The predicted molar refractivity (Wildman–Crippen MR) is 87.7 cm³/mol. The molecule has 0 atom stereocenters. The molecule has 0 spiro atoms. The van der Waals surface area contributed by atoms with Crippen molar-refractivity contribution in [3.05, 3.63) is 47.9 Å². The Hall–Kier alpha value is -2.96. The van der Waals surface area contributed by atoms with E-state index in [9.17, 15) is 14.7 Å². The summed E-state index contributed by atoms with van der Waals surface area (Å²) in [7, 11) is 0. The lowest BCUT2D eigenvalue weighted by Gasteiger charge is -2.22. The molecule has 2 aromatic rings. The van der Waals surface area contributed by atoms with Gasteiger partial charge in [0, 0.05) is 31.9 Å². The number of nitrogens with two attached hydrogens (primary N) is 1. The van der Waals surface area contributed by atoms with Gasteiger partial charge >= 0.3 is 0 Å². The first-order valence-corrected chi connectivity index (χ1v) is 7.77. The number of carbonyl (C=O) groups excluding carboxylic acids is 2. The number of aromatic hydroxyl groups is 1. The highest BCUT2D eigenvalue weighted by Crippen LogP contribution is 2.21. The third kappa shape index (κ3) is 3.19. The number of hydrogen-bond acceptors (Lipinski definition) is 5. The molecule has 3 rings (SSSR count). The van der Waals surface area contributed by atoms with Crippen LogP contribution in [-0.2, 0) is 0 Å². The normalized spacial score (nSPS) is 15.2. The van der Waals surface area contributed by atoms with Gasteiger partial charge in [0.15, 0.2) is 5.76 Å². The van der Waals surface area contributed by atoms with Crippen LogP contribution in [0.4, 0.5) is 5.69 Å². The standard InChI is InChI=1S/C17H19N3O4/c18-14-5-4-12(21)11-13(14)16(22)19-6-2-7-20(9-8-19)17(23)15-3-1-10-24-15/h1,3-5,10-11,21H,2,6-9,18H2. The molecular formula is C17H19N3O4. The fourth-order valence-corrected chi connectivity index (χ4v) is 2.78. The molecule has 1 aromatic carbocycles. The Balaban J connectivity index is 1.70. The molecule has 0 radical (unpaired) electrons. The summed E-state index contributed by atoms with van der Waals surface area (Å²) in [5.74, 6) is -0.120. The van der Waals surface area contributed by atoms with Crippen LogP contribution in [0.3, 0.4) is 0 Å². The molecule has 1 fully saturated rings. The number of carbonyl (C=O) groups is 2. The van der Waals surface area contributed by atoms with Crippen LogP contribution in [0.25, 0.3) is 0 Å². The number of phenolic OH excluding ortho intramolecular Hbond substituents is 1. The Morgan fingerprint density at radius 2 is 1.75 bits per heavy atom. The first kappa shape index (κ1) is 15.9. The summed E-state index contributed by atoms with van der Waals surface area (Å²) < 4.78 is 5.15. The fourth-order valence-electron chi connectivity index (χ4n) is 2.78. The molecule has 1 aliphatic rings. The average Bonchev–Trinajstić information content (AvgIpc) is 3.00. The Labute approximate surface area is 139 Å². The van der Waals surface area contributed by atoms with Crippen molar-refractivity contribution in [1.29, 1.82) is 0 Å². The van der Waals surface area contributed by atoms with Gasteiger partial charge < -0.3 is 25.1 Å². The van der Waals surface area contributed by atoms with Crippen molar-refractivity contribution in [2.45, 2.75) is 6.42 Å². The zero-order valence-corrected chi connectivity index (χ0v) is 13.1. The molecule has 1 saturated heterocycles. The van der Waals surface area contributed by atoms with Crippen LogP contribution in [0, 0.1) is 0 Å². The molecule has 2 heterocycles. The number of rotatable bonds is 2. The molecule has 0 saturated carbocycles. The molecule has 0 unspecified atom stereocenters. The maximum atomic E-state index is 12.6. The topological polar surface area (TPSA) is 100 Å². The molecule has 7 heteroatoms. The fraction of sp³-hybridized carbons (Fsp3) is 0.294. The minimum Gasteiger partial charge on any atom is -0.508 e. The van der Waals surface area contributed by atoms with E-state index in [-0.39, 0.29) is 23.1 Å². The lowest BCUT2D eigenvalue weighted by atomic mass is 10.1. The van der Waals surface area contributed by atoms with E-state index in [1.165, 1.54) is 24.5 Å². The molecule has 3 N–H and O–H groups in total. The number of hydrogen-bond donors (Lipinski definition) is 2. The molecule has 2 amide bonds. The van der Waals surface area contributed by atoms with Crippen molar-refractivity contribution in [2.75, 3.05) is 31.9 Å². The Morgan fingerprint density at radius 3 is 2.42 bits per heavy atom. The van der Waals surface area contributed by atoms with Gasteiger partial charge in [-0.3, -0.25) is 9.59 Å². The van der Waals surface area contributed by atoms with Gasteiger partial charge in [-0.05, 0) is 36.8 Å². The monoisotopic (exact) mass is 329 g/mol. The number of anilines is 1. The van der Waals surface area contributed by atoms with E-state index in [0.717, 1.165) is 0 Å². The summed E-state index contributed by atoms with van der Waals surface area (Å²) in [6, 6.07) is 7.62. The average molecular weight is 329 g/mol. The lowest BCUT2D eigenvalue weighted by molar-refractivity contribution is 0.0700. The van der Waals surface area contributed by atoms with Gasteiger partial charge in [-0.2, -0.15) is 0 Å². The minimum atomic E-state index is -0.240. The van der Waals surface area contributed by atoms with Crippen LogP contribution in [0.1, 0.15) is 27.3 Å². The maximum Gasteiger partial charge on any atom is 0.289 e. The van der Waals surface area contributed by atoms with E-state index in [0.29, 0.717) is 44.0 Å². The first-order valence-electron chi connectivity index (χ1n) is 7.77. The molecule has 0 bridgehead atoms. The van der Waals surface area contributed by atoms with Crippen LogP contribution < -0.4 is 5.73 Å². The van der Waals surface area contributed by atoms with Gasteiger partial charge in [-0.15, -0.1) is 0 Å². The van der Waals surface area contributed by atoms with Crippen molar-refractivity contribution in [2.24, 2.45) is 0 Å².